The fourth-order valence-corrected chi connectivity index (χ4v) is 3.21. The summed E-state index contributed by atoms with van der Waals surface area (Å²) >= 11 is 0. The number of amides is 1. The van der Waals surface area contributed by atoms with Gasteiger partial charge in [0.1, 0.15) is 11.7 Å². The number of nitrogens with zero attached hydrogens (tertiary/aromatic N) is 2. The number of aliphatic imine (C=N–C) groups is 1. The Labute approximate surface area is 190 Å². The maximum Gasteiger partial charge on any atom is 0.417 e. The second kappa shape index (κ2) is 9.51. The molecule has 0 fully saturated rings. The minimum atomic E-state index is -4.85. The molecule has 0 saturated carbocycles. The Morgan fingerprint density at radius 2 is 1.64 bits per heavy atom. The van der Waals surface area contributed by atoms with Crippen molar-refractivity contribution in [1.29, 1.82) is 0 Å². The molecule has 0 radical (unpaired) electrons. The van der Waals surface area contributed by atoms with E-state index in [1.807, 2.05) is 51.1 Å². The van der Waals surface area contributed by atoms with Crippen LogP contribution in [0.5, 0.6) is 5.75 Å². The normalized spacial score (nSPS) is 14.2. The van der Waals surface area contributed by atoms with Gasteiger partial charge >= 0.3 is 12.0 Å². The second-order valence-electron chi connectivity index (χ2n) is 8.82. The Kier molecular flexibility index (Phi) is 7.41. The number of hydrogen-bond donors (Lipinski definition) is 4. The highest BCUT2D eigenvalue weighted by Crippen LogP contribution is 2.41. The standard InChI is InChI=1S/C23H28F3N5O2/c1-22(2,3)18(13-9-7-6-8-10-13)30-20(28)19(27)29-15-12-11-14(23(24,25)26)16(17(15)32)21(33)31(4)5/h6-12,18,32H,1-5H3,(H2,27,29)(H2,28,30)/p+1/t18-/m0/s1. The molecule has 7 nitrogen and oxygen atoms in total. The number of carbonyl (C=O) groups excluding carboxylic acids is 1. The van der Waals surface area contributed by atoms with E-state index in [2.05, 4.69) is 9.98 Å². The molecule has 0 unspecified atom stereocenters. The fourth-order valence-electron chi connectivity index (χ4n) is 3.21. The van der Waals surface area contributed by atoms with E-state index in [4.69, 9.17) is 11.5 Å². The second-order valence-corrected chi connectivity index (χ2v) is 8.82. The first-order chi connectivity index (χ1) is 15.1. The van der Waals surface area contributed by atoms with Gasteiger partial charge in [-0.1, -0.05) is 51.1 Å². The van der Waals surface area contributed by atoms with Gasteiger partial charge in [0, 0.05) is 19.5 Å². The van der Waals surface area contributed by atoms with Crippen LogP contribution in [0.4, 0.5) is 18.9 Å². The number of aromatic hydroxyl groups is 1. The monoisotopic (exact) mass is 464 g/mol. The molecule has 33 heavy (non-hydrogen) atoms. The minimum absolute atomic E-state index is 0.0291. The highest BCUT2D eigenvalue weighted by molar-refractivity contribution is 6.37. The highest BCUT2D eigenvalue weighted by Gasteiger charge is 2.38. The fraction of sp³-hybridized carbons (Fsp3) is 0.348. The van der Waals surface area contributed by atoms with Crippen LogP contribution in [-0.4, -0.2) is 41.7 Å². The van der Waals surface area contributed by atoms with E-state index in [0.717, 1.165) is 16.5 Å². The predicted octanol–water partition coefficient (Wildman–Crippen LogP) is 2.33. The zero-order valence-electron chi connectivity index (χ0n) is 19.2. The van der Waals surface area contributed by atoms with Crippen LogP contribution in [0.25, 0.3) is 0 Å². The summed E-state index contributed by atoms with van der Waals surface area (Å²) in [7, 11) is 2.55. The number of phenols is 1. The van der Waals surface area contributed by atoms with Crippen molar-refractivity contribution in [3.8, 4) is 5.75 Å². The average Bonchev–Trinajstić information content (AvgIpc) is 2.71. The number of nitrogens with one attached hydrogen (secondary N) is 1. The van der Waals surface area contributed by atoms with Gasteiger partial charge in [0.05, 0.1) is 11.1 Å². The maximum atomic E-state index is 13.4. The Hall–Kier alpha value is -3.56. The largest absolute Gasteiger partial charge is 0.505 e. The Morgan fingerprint density at radius 3 is 2.12 bits per heavy atom. The number of nitrogens with two attached hydrogens (primary N) is 2. The van der Waals surface area contributed by atoms with E-state index in [0.29, 0.717) is 6.07 Å². The van der Waals surface area contributed by atoms with Gasteiger partial charge in [-0.25, -0.2) is 4.99 Å². The van der Waals surface area contributed by atoms with E-state index in [-0.39, 0.29) is 28.8 Å². The number of alkyl halides is 3. The number of rotatable bonds is 4. The third-order valence-electron chi connectivity index (χ3n) is 4.90. The third kappa shape index (κ3) is 6.03. The third-order valence-corrected chi connectivity index (χ3v) is 4.90. The van der Waals surface area contributed by atoms with E-state index >= 15 is 0 Å². The topological polar surface area (TPSA) is 119 Å². The molecule has 0 aliphatic heterocycles. The molecule has 178 valence electrons. The first-order valence-corrected chi connectivity index (χ1v) is 10.1. The summed E-state index contributed by atoms with van der Waals surface area (Å²) in [6, 6.07) is 10.8. The van der Waals surface area contributed by atoms with Crippen molar-refractivity contribution < 1.29 is 28.1 Å². The molecule has 0 heterocycles. The first kappa shape index (κ1) is 25.7. The highest BCUT2D eigenvalue weighted by atomic mass is 19.4. The van der Waals surface area contributed by atoms with Crippen LogP contribution in [0.3, 0.4) is 0 Å². The van der Waals surface area contributed by atoms with Crippen molar-refractivity contribution >= 4 is 23.3 Å². The smallest absolute Gasteiger partial charge is 0.417 e. The summed E-state index contributed by atoms with van der Waals surface area (Å²) in [6.07, 6.45) is -4.85. The zero-order chi connectivity index (χ0) is 25.1. The zero-order valence-corrected chi connectivity index (χ0v) is 19.2. The van der Waals surface area contributed by atoms with Crippen molar-refractivity contribution in [2.75, 3.05) is 14.1 Å². The minimum Gasteiger partial charge on any atom is -0.505 e. The van der Waals surface area contributed by atoms with Gasteiger partial charge in [0.15, 0.2) is 5.75 Å². The van der Waals surface area contributed by atoms with Crippen molar-refractivity contribution in [3.63, 3.8) is 0 Å². The van der Waals surface area contributed by atoms with Crippen molar-refractivity contribution in [1.82, 2.24) is 4.90 Å². The van der Waals surface area contributed by atoms with Crippen LogP contribution in [-0.2, 0) is 6.18 Å². The summed E-state index contributed by atoms with van der Waals surface area (Å²) in [5.74, 6) is -2.24. The lowest BCUT2D eigenvalue weighted by Crippen LogP contribution is -2.81. The predicted molar refractivity (Wildman–Crippen MR) is 121 cm³/mol. The lowest BCUT2D eigenvalue weighted by molar-refractivity contribution is -0.529. The number of carbonyl (C=O) groups is 1. The van der Waals surface area contributed by atoms with E-state index < -0.39 is 29.0 Å². The van der Waals surface area contributed by atoms with Gasteiger partial charge in [-0.3, -0.25) is 15.5 Å². The van der Waals surface area contributed by atoms with Crippen molar-refractivity contribution in [2.45, 2.75) is 33.0 Å². The molecule has 0 aliphatic carbocycles. The van der Waals surface area contributed by atoms with Crippen LogP contribution < -0.4 is 16.5 Å². The average molecular weight is 465 g/mol. The summed E-state index contributed by atoms with van der Waals surface area (Å²) in [4.78, 5) is 20.4. The maximum absolute atomic E-state index is 13.4. The van der Waals surface area contributed by atoms with Crippen LogP contribution in [0, 0.1) is 5.41 Å². The summed E-state index contributed by atoms with van der Waals surface area (Å²) in [5.41, 5.74) is 10.3. The lowest BCUT2D eigenvalue weighted by Gasteiger charge is -2.26. The molecule has 0 aliphatic rings. The quantitative estimate of drug-likeness (QED) is 0.410. The molecule has 10 heteroatoms. The van der Waals surface area contributed by atoms with Crippen LogP contribution >= 0.6 is 0 Å². The van der Waals surface area contributed by atoms with E-state index in [1.165, 1.54) is 14.1 Å². The molecule has 2 aromatic carbocycles. The van der Waals surface area contributed by atoms with Crippen LogP contribution in [0.1, 0.15) is 48.3 Å². The molecule has 1 amide bonds. The molecular weight excluding hydrogens is 435 g/mol. The van der Waals surface area contributed by atoms with Crippen LogP contribution in [0.2, 0.25) is 0 Å². The van der Waals surface area contributed by atoms with Gasteiger partial charge in [0.25, 0.3) is 5.91 Å². The molecule has 2 rings (SSSR count). The van der Waals surface area contributed by atoms with E-state index in [9.17, 15) is 23.1 Å². The van der Waals surface area contributed by atoms with Crippen LogP contribution in [0.15, 0.2) is 47.5 Å². The lowest BCUT2D eigenvalue weighted by atomic mass is 9.83. The Morgan fingerprint density at radius 1 is 1.06 bits per heavy atom. The molecule has 0 spiro atoms. The molecule has 0 bridgehead atoms. The number of amidine groups is 2. The number of phenolic OH excluding ortho intramolecular Hbond substituents is 1. The van der Waals surface area contributed by atoms with Gasteiger partial charge in [0.2, 0.25) is 5.84 Å². The SMILES string of the molecule is CN(C)C(=O)c1c(C(F)(F)F)ccc(N=C(N)C(N)=[NH+][C@@H](c2ccccc2)C(C)(C)C)c1O. The summed E-state index contributed by atoms with van der Waals surface area (Å²) in [6.45, 7) is 6.00. The molecule has 0 saturated heterocycles. The molecule has 1 atom stereocenters. The molecule has 0 aromatic heterocycles. The number of benzene rings is 2. The van der Waals surface area contributed by atoms with Crippen molar-refractivity contribution in [3.05, 3.63) is 59.2 Å². The molecular formula is C23H29F3N5O2+. The first-order valence-electron chi connectivity index (χ1n) is 10.1. The molecule has 2 aromatic rings. The number of halogens is 3. The van der Waals surface area contributed by atoms with Crippen molar-refractivity contribution in [2.24, 2.45) is 21.9 Å². The van der Waals surface area contributed by atoms with Gasteiger partial charge < -0.3 is 15.7 Å². The van der Waals surface area contributed by atoms with Gasteiger partial charge in [-0.2, -0.15) is 13.2 Å². The van der Waals surface area contributed by atoms with Gasteiger partial charge in [-0.15, -0.1) is 0 Å². The molecule has 6 N–H and O–H groups in total. The summed E-state index contributed by atoms with van der Waals surface area (Å²) < 4.78 is 40.2. The van der Waals surface area contributed by atoms with E-state index in [1.54, 1.807) is 0 Å². The Balaban J connectivity index is 2.57. The number of hydrogen-bond acceptors (Lipinski definition) is 3. The van der Waals surface area contributed by atoms with Gasteiger partial charge in [-0.05, 0) is 17.7 Å². The Bertz CT molecular complexity index is 1070. The summed E-state index contributed by atoms with van der Waals surface area (Å²) in [5, 5.41) is 10.5.